The topological polar surface area (TPSA) is 43.8 Å². The van der Waals surface area contributed by atoms with Gasteiger partial charge in [0.05, 0.1) is 5.41 Å². The lowest BCUT2D eigenvalue weighted by Gasteiger charge is -2.38. The molecule has 0 bridgehead atoms. The van der Waals surface area contributed by atoms with Gasteiger partial charge in [0.2, 0.25) is 0 Å². The first kappa shape index (κ1) is 21.3. The van der Waals surface area contributed by atoms with Crippen molar-refractivity contribution in [1.82, 2.24) is 9.80 Å². The summed E-state index contributed by atoms with van der Waals surface area (Å²) in [6.07, 6.45) is 0. The molecule has 0 saturated carbocycles. The fourth-order valence-corrected chi connectivity index (χ4v) is 2.27. The van der Waals surface area contributed by atoms with Crippen molar-refractivity contribution in [3.63, 3.8) is 0 Å². The second-order valence-electron chi connectivity index (χ2n) is 6.16. The summed E-state index contributed by atoms with van der Waals surface area (Å²) >= 11 is 0. The molecule has 0 aliphatic carbocycles. The summed E-state index contributed by atoms with van der Waals surface area (Å²) in [4.78, 5) is 15.8. The third-order valence-corrected chi connectivity index (χ3v) is 3.29. The van der Waals surface area contributed by atoms with Crippen molar-refractivity contribution in [2.45, 2.75) is 27.7 Å². The summed E-state index contributed by atoms with van der Waals surface area (Å²) in [7, 11) is 0. The number of piperazine rings is 1. The molecule has 116 valence electrons. The van der Waals surface area contributed by atoms with Gasteiger partial charge in [0, 0.05) is 39.3 Å². The van der Waals surface area contributed by atoms with Gasteiger partial charge >= 0.3 is 5.97 Å². The molecule has 0 aromatic heterocycles. The molecule has 1 rings (SSSR count). The number of rotatable bonds is 5. The van der Waals surface area contributed by atoms with Gasteiger partial charge in [-0.15, -0.1) is 24.8 Å². The molecule has 1 saturated heterocycles. The minimum absolute atomic E-state index is 0. The molecule has 1 aliphatic heterocycles. The summed E-state index contributed by atoms with van der Waals surface area (Å²) in [6, 6.07) is 0. The standard InChI is InChI=1S/C13H26N2O2.2ClH/c1-11(2)9-14-5-7-15(8-6-14)10-13(3,4)12(16)17;;/h11H,5-10H2,1-4H3,(H,16,17);2*1H. The molecule has 0 unspecified atom stereocenters. The molecule has 1 aliphatic rings. The normalized spacial score (nSPS) is 17.7. The van der Waals surface area contributed by atoms with Gasteiger partial charge in [-0.3, -0.25) is 9.69 Å². The molecule has 0 amide bonds. The third kappa shape index (κ3) is 7.35. The van der Waals surface area contributed by atoms with Crippen molar-refractivity contribution in [1.29, 1.82) is 0 Å². The maximum absolute atomic E-state index is 11.1. The summed E-state index contributed by atoms with van der Waals surface area (Å²) < 4.78 is 0. The Morgan fingerprint density at radius 1 is 1.11 bits per heavy atom. The van der Waals surface area contributed by atoms with Crippen molar-refractivity contribution in [2.24, 2.45) is 11.3 Å². The molecular formula is C13H28Cl2N2O2. The smallest absolute Gasteiger partial charge is 0.310 e. The Hall–Kier alpha value is -0.0300. The third-order valence-electron chi connectivity index (χ3n) is 3.29. The highest BCUT2D eigenvalue weighted by molar-refractivity contribution is 5.85. The number of hydrogen-bond donors (Lipinski definition) is 1. The number of nitrogens with zero attached hydrogens (tertiary/aromatic N) is 2. The maximum atomic E-state index is 11.1. The molecular weight excluding hydrogens is 287 g/mol. The Morgan fingerprint density at radius 3 is 1.89 bits per heavy atom. The van der Waals surface area contributed by atoms with Gasteiger partial charge in [0.15, 0.2) is 0 Å². The van der Waals surface area contributed by atoms with Crippen LogP contribution in [0.2, 0.25) is 0 Å². The van der Waals surface area contributed by atoms with Crippen molar-refractivity contribution in [3.8, 4) is 0 Å². The fourth-order valence-electron chi connectivity index (χ4n) is 2.27. The van der Waals surface area contributed by atoms with Crippen LogP contribution in [0.1, 0.15) is 27.7 Å². The summed E-state index contributed by atoms with van der Waals surface area (Å²) in [5, 5.41) is 9.11. The minimum Gasteiger partial charge on any atom is -0.481 e. The van der Waals surface area contributed by atoms with E-state index >= 15 is 0 Å². The SMILES string of the molecule is CC(C)CN1CCN(CC(C)(C)C(=O)O)CC1.Cl.Cl. The lowest BCUT2D eigenvalue weighted by atomic mass is 9.93. The lowest BCUT2D eigenvalue weighted by Crippen LogP contribution is -2.50. The van der Waals surface area contributed by atoms with Crippen LogP contribution in [0.15, 0.2) is 0 Å². The van der Waals surface area contributed by atoms with Crippen molar-refractivity contribution in [3.05, 3.63) is 0 Å². The van der Waals surface area contributed by atoms with Crippen LogP contribution in [0.5, 0.6) is 0 Å². The molecule has 1 heterocycles. The van der Waals surface area contributed by atoms with Crippen LogP contribution < -0.4 is 0 Å². The quantitative estimate of drug-likeness (QED) is 0.845. The predicted molar refractivity (Wildman–Crippen MR) is 83.6 cm³/mol. The molecule has 1 N–H and O–H groups in total. The second kappa shape index (κ2) is 9.01. The number of carboxylic acids is 1. The lowest BCUT2D eigenvalue weighted by molar-refractivity contribution is -0.148. The van der Waals surface area contributed by atoms with Gasteiger partial charge in [0.1, 0.15) is 0 Å². The first-order valence-electron chi connectivity index (χ1n) is 6.49. The van der Waals surface area contributed by atoms with E-state index in [1.165, 1.54) is 0 Å². The van der Waals surface area contributed by atoms with Crippen LogP contribution in [0.25, 0.3) is 0 Å². The molecule has 19 heavy (non-hydrogen) atoms. The first-order chi connectivity index (χ1) is 7.81. The zero-order valence-corrected chi connectivity index (χ0v) is 14.0. The van der Waals surface area contributed by atoms with E-state index < -0.39 is 11.4 Å². The molecule has 6 heteroatoms. The van der Waals surface area contributed by atoms with E-state index in [9.17, 15) is 4.79 Å². The van der Waals surface area contributed by atoms with E-state index in [4.69, 9.17) is 5.11 Å². The van der Waals surface area contributed by atoms with E-state index in [0.29, 0.717) is 12.5 Å². The van der Waals surface area contributed by atoms with Crippen LogP contribution in [0.4, 0.5) is 0 Å². The molecule has 0 spiro atoms. The molecule has 0 radical (unpaired) electrons. The number of carbonyl (C=O) groups is 1. The van der Waals surface area contributed by atoms with Crippen LogP contribution in [-0.2, 0) is 4.79 Å². The molecule has 0 atom stereocenters. The minimum atomic E-state index is -0.706. The van der Waals surface area contributed by atoms with Crippen LogP contribution in [-0.4, -0.2) is 60.1 Å². The summed E-state index contributed by atoms with van der Waals surface area (Å²) in [5.41, 5.74) is -0.639. The van der Waals surface area contributed by atoms with Gasteiger partial charge < -0.3 is 10.0 Å². The Kier molecular flexibility index (Phi) is 10.1. The molecule has 0 aromatic rings. The van der Waals surface area contributed by atoms with Gasteiger partial charge in [-0.2, -0.15) is 0 Å². The average molecular weight is 315 g/mol. The van der Waals surface area contributed by atoms with Gasteiger partial charge in [-0.05, 0) is 19.8 Å². The van der Waals surface area contributed by atoms with E-state index in [-0.39, 0.29) is 24.8 Å². The van der Waals surface area contributed by atoms with E-state index in [1.54, 1.807) is 13.8 Å². The van der Waals surface area contributed by atoms with E-state index in [1.807, 2.05) is 0 Å². The number of aliphatic carboxylic acids is 1. The largest absolute Gasteiger partial charge is 0.481 e. The molecule has 0 aromatic carbocycles. The fraction of sp³-hybridized carbons (Fsp3) is 0.923. The molecule has 4 nitrogen and oxygen atoms in total. The highest BCUT2D eigenvalue weighted by atomic mass is 35.5. The highest BCUT2D eigenvalue weighted by Gasteiger charge is 2.31. The summed E-state index contributed by atoms with van der Waals surface area (Å²) in [5.74, 6) is -0.000814. The van der Waals surface area contributed by atoms with Crippen LogP contribution >= 0.6 is 24.8 Å². The zero-order chi connectivity index (χ0) is 13.1. The van der Waals surface area contributed by atoms with Crippen LogP contribution in [0, 0.1) is 11.3 Å². The van der Waals surface area contributed by atoms with Gasteiger partial charge in [-0.25, -0.2) is 0 Å². The van der Waals surface area contributed by atoms with Crippen LogP contribution in [0.3, 0.4) is 0 Å². The van der Waals surface area contributed by atoms with Crippen molar-refractivity contribution in [2.75, 3.05) is 39.3 Å². The Labute approximate surface area is 129 Å². The second-order valence-corrected chi connectivity index (χ2v) is 6.16. The Morgan fingerprint density at radius 2 is 1.53 bits per heavy atom. The monoisotopic (exact) mass is 314 g/mol. The van der Waals surface area contributed by atoms with Gasteiger partial charge in [-0.1, -0.05) is 13.8 Å². The Balaban J connectivity index is 0. The number of hydrogen-bond acceptors (Lipinski definition) is 3. The van der Waals surface area contributed by atoms with Crippen molar-refractivity contribution < 1.29 is 9.90 Å². The summed E-state index contributed by atoms with van der Waals surface area (Å²) in [6.45, 7) is 14.0. The van der Waals surface area contributed by atoms with Crippen molar-refractivity contribution >= 4 is 30.8 Å². The zero-order valence-electron chi connectivity index (χ0n) is 12.4. The maximum Gasteiger partial charge on any atom is 0.310 e. The van der Waals surface area contributed by atoms with E-state index in [2.05, 4.69) is 23.6 Å². The Bertz CT molecular complexity index is 265. The number of carboxylic acid groups (broad SMARTS) is 1. The first-order valence-corrected chi connectivity index (χ1v) is 6.49. The predicted octanol–water partition coefficient (Wildman–Crippen LogP) is 2.21. The van der Waals surface area contributed by atoms with Gasteiger partial charge in [0.25, 0.3) is 0 Å². The highest BCUT2D eigenvalue weighted by Crippen LogP contribution is 2.18. The number of halogens is 2. The average Bonchev–Trinajstić information content (AvgIpc) is 2.19. The molecule has 1 fully saturated rings. The van der Waals surface area contributed by atoms with E-state index in [0.717, 1.165) is 32.7 Å².